The van der Waals surface area contributed by atoms with Crippen LogP contribution in [-0.2, 0) is 11.2 Å². The number of amides is 1. The van der Waals surface area contributed by atoms with E-state index in [9.17, 15) is 4.79 Å². The van der Waals surface area contributed by atoms with Crippen molar-refractivity contribution in [1.29, 1.82) is 0 Å². The summed E-state index contributed by atoms with van der Waals surface area (Å²) < 4.78 is 0. The van der Waals surface area contributed by atoms with Crippen molar-refractivity contribution in [3.05, 3.63) is 21.9 Å². The fraction of sp³-hybridized carbons (Fsp3) is 0.667. The van der Waals surface area contributed by atoms with Crippen molar-refractivity contribution in [3.63, 3.8) is 0 Å². The van der Waals surface area contributed by atoms with E-state index in [1.165, 1.54) is 10.4 Å². The van der Waals surface area contributed by atoms with Gasteiger partial charge in [0, 0.05) is 10.4 Å². The Hall–Kier alpha value is -0.870. The van der Waals surface area contributed by atoms with Crippen LogP contribution in [0.3, 0.4) is 0 Å². The molecule has 1 fully saturated rings. The number of carbonyl (C=O) groups excluding carboxylic acids is 1. The van der Waals surface area contributed by atoms with Gasteiger partial charge in [-0.15, -0.1) is 11.3 Å². The minimum Gasteiger partial charge on any atom is -0.350 e. The highest BCUT2D eigenvalue weighted by atomic mass is 32.1. The number of piperidine rings is 1. The first kappa shape index (κ1) is 13.1. The molecule has 1 amide bonds. The first-order valence-electron chi connectivity index (χ1n) is 7.27. The van der Waals surface area contributed by atoms with Gasteiger partial charge < -0.3 is 10.6 Å². The molecule has 1 aliphatic heterocycles. The third-order valence-electron chi connectivity index (χ3n) is 4.50. The minimum absolute atomic E-state index is 0.0179. The van der Waals surface area contributed by atoms with Crippen LogP contribution in [0.4, 0.5) is 0 Å². The molecular formula is C15H22N2OS. The lowest BCUT2D eigenvalue weighted by atomic mass is 9.84. The molecule has 0 bridgehead atoms. The van der Waals surface area contributed by atoms with Crippen LogP contribution in [-0.4, -0.2) is 24.5 Å². The number of hydrogen-bond donors (Lipinski definition) is 2. The molecule has 1 saturated heterocycles. The number of thiophene rings is 1. The third-order valence-corrected chi connectivity index (χ3v) is 5.50. The molecule has 0 spiro atoms. The van der Waals surface area contributed by atoms with Gasteiger partial charge in [-0.3, -0.25) is 4.79 Å². The summed E-state index contributed by atoms with van der Waals surface area (Å²) in [6.45, 7) is 4.19. The smallest absolute Gasteiger partial charge is 0.228 e. The van der Waals surface area contributed by atoms with E-state index in [0.717, 1.165) is 45.2 Å². The van der Waals surface area contributed by atoms with Crippen LogP contribution in [0.2, 0.25) is 0 Å². The Balaban J connectivity index is 1.72. The first-order chi connectivity index (χ1) is 9.18. The van der Waals surface area contributed by atoms with Gasteiger partial charge in [0.15, 0.2) is 0 Å². The molecule has 2 aliphatic rings. The van der Waals surface area contributed by atoms with Crippen LogP contribution in [0, 0.1) is 0 Å². The molecule has 104 valence electrons. The zero-order valence-corrected chi connectivity index (χ0v) is 12.3. The number of fused-ring (bicyclic) bond motifs is 1. The second kappa shape index (κ2) is 5.25. The average molecular weight is 278 g/mol. The summed E-state index contributed by atoms with van der Waals surface area (Å²) >= 11 is 1.80. The summed E-state index contributed by atoms with van der Waals surface area (Å²) in [6.07, 6.45) is 5.36. The van der Waals surface area contributed by atoms with Gasteiger partial charge in [-0.1, -0.05) is 0 Å². The highest BCUT2D eigenvalue weighted by molar-refractivity contribution is 7.10. The molecule has 1 aliphatic carbocycles. The van der Waals surface area contributed by atoms with Crippen molar-refractivity contribution in [2.24, 2.45) is 0 Å². The quantitative estimate of drug-likeness (QED) is 0.872. The Morgan fingerprint density at radius 1 is 1.47 bits per heavy atom. The van der Waals surface area contributed by atoms with Crippen LogP contribution in [0.15, 0.2) is 11.4 Å². The average Bonchev–Trinajstić information content (AvgIpc) is 2.86. The standard InChI is InChI=1S/C15H22N2OS/c1-15(6-8-16-9-7-15)17-14(18)12-3-2-4-13-11(12)5-10-19-13/h5,10,12,16H,2-4,6-9H2,1H3,(H,17,18). The molecule has 3 rings (SSSR count). The van der Waals surface area contributed by atoms with E-state index >= 15 is 0 Å². The SMILES string of the molecule is CC1(NC(=O)C2CCCc3sccc32)CCNCC1. The number of aryl methyl sites for hydroxylation is 1. The van der Waals surface area contributed by atoms with E-state index in [1.54, 1.807) is 11.3 Å². The van der Waals surface area contributed by atoms with Crippen molar-refractivity contribution in [3.8, 4) is 0 Å². The molecular weight excluding hydrogens is 256 g/mol. The topological polar surface area (TPSA) is 41.1 Å². The highest BCUT2D eigenvalue weighted by Crippen LogP contribution is 2.35. The fourth-order valence-electron chi connectivity index (χ4n) is 3.25. The van der Waals surface area contributed by atoms with Gasteiger partial charge in [-0.2, -0.15) is 0 Å². The number of hydrogen-bond acceptors (Lipinski definition) is 3. The summed E-state index contributed by atoms with van der Waals surface area (Å²) in [4.78, 5) is 14.0. The van der Waals surface area contributed by atoms with Crippen LogP contribution in [0.25, 0.3) is 0 Å². The van der Waals surface area contributed by atoms with E-state index in [-0.39, 0.29) is 17.4 Å². The Bertz CT molecular complexity index is 462. The fourth-order valence-corrected chi connectivity index (χ4v) is 4.23. The van der Waals surface area contributed by atoms with Crippen molar-refractivity contribution in [2.75, 3.05) is 13.1 Å². The molecule has 2 N–H and O–H groups in total. The maximum Gasteiger partial charge on any atom is 0.228 e. The highest BCUT2D eigenvalue weighted by Gasteiger charge is 2.33. The molecule has 0 radical (unpaired) electrons. The summed E-state index contributed by atoms with van der Waals surface area (Å²) in [5.41, 5.74) is 1.27. The number of nitrogens with one attached hydrogen (secondary N) is 2. The summed E-state index contributed by atoms with van der Waals surface area (Å²) in [5, 5.41) is 8.80. The largest absolute Gasteiger partial charge is 0.350 e. The number of carbonyl (C=O) groups is 1. The lowest BCUT2D eigenvalue weighted by Crippen LogP contribution is -2.53. The second-order valence-corrected chi connectivity index (χ2v) is 7.04. The predicted octanol–water partition coefficient (Wildman–Crippen LogP) is 2.43. The van der Waals surface area contributed by atoms with E-state index < -0.39 is 0 Å². The van der Waals surface area contributed by atoms with Gasteiger partial charge >= 0.3 is 0 Å². The second-order valence-electron chi connectivity index (χ2n) is 6.04. The van der Waals surface area contributed by atoms with Gasteiger partial charge in [-0.05, 0) is 69.1 Å². The predicted molar refractivity (Wildman–Crippen MR) is 78.6 cm³/mol. The van der Waals surface area contributed by atoms with Gasteiger partial charge in [0.05, 0.1) is 5.92 Å². The van der Waals surface area contributed by atoms with Crippen molar-refractivity contribution >= 4 is 17.2 Å². The lowest BCUT2D eigenvalue weighted by Gasteiger charge is -2.36. The number of rotatable bonds is 2. The van der Waals surface area contributed by atoms with Gasteiger partial charge in [0.1, 0.15) is 0 Å². The zero-order valence-electron chi connectivity index (χ0n) is 11.5. The van der Waals surface area contributed by atoms with Gasteiger partial charge in [-0.25, -0.2) is 0 Å². The molecule has 4 heteroatoms. The molecule has 0 aromatic carbocycles. The van der Waals surface area contributed by atoms with Gasteiger partial charge in [0.2, 0.25) is 5.91 Å². The van der Waals surface area contributed by atoms with E-state index in [2.05, 4.69) is 29.0 Å². The van der Waals surface area contributed by atoms with Gasteiger partial charge in [0.25, 0.3) is 0 Å². The summed E-state index contributed by atoms with van der Waals surface area (Å²) in [6, 6.07) is 2.15. The molecule has 1 aromatic rings. The Morgan fingerprint density at radius 2 is 2.26 bits per heavy atom. The summed E-state index contributed by atoms with van der Waals surface area (Å²) in [7, 11) is 0. The normalized spacial score (nSPS) is 25.6. The van der Waals surface area contributed by atoms with E-state index in [0.29, 0.717) is 0 Å². The van der Waals surface area contributed by atoms with Crippen molar-refractivity contribution < 1.29 is 4.79 Å². The van der Waals surface area contributed by atoms with E-state index in [1.807, 2.05) is 0 Å². The molecule has 19 heavy (non-hydrogen) atoms. The maximum atomic E-state index is 12.6. The monoisotopic (exact) mass is 278 g/mol. The van der Waals surface area contributed by atoms with E-state index in [4.69, 9.17) is 0 Å². The molecule has 1 aromatic heterocycles. The molecule has 2 heterocycles. The molecule has 3 nitrogen and oxygen atoms in total. The molecule has 1 unspecified atom stereocenters. The third kappa shape index (κ3) is 2.70. The maximum absolute atomic E-state index is 12.6. The minimum atomic E-state index is -0.0179. The van der Waals surface area contributed by atoms with Crippen LogP contribution in [0.5, 0.6) is 0 Å². The Morgan fingerprint density at radius 3 is 3.05 bits per heavy atom. The van der Waals surface area contributed by atoms with Crippen molar-refractivity contribution in [2.45, 2.75) is 50.5 Å². The Kier molecular flexibility index (Phi) is 3.63. The summed E-state index contributed by atoms with van der Waals surface area (Å²) in [5.74, 6) is 0.325. The zero-order chi connectivity index (χ0) is 13.3. The van der Waals surface area contributed by atoms with Crippen LogP contribution in [0.1, 0.15) is 49.0 Å². The lowest BCUT2D eigenvalue weighted by molar-refractivity contribution is -0.125. The molecule has 1 atom stereocenters. The van der Waals surface area contributed by atoms with Crippen LogP contribution >= 0.6 is 11.3 Å². The Labute approximate surface area is 118 Å². The molecule has 0 saturated carbocycles. The van der Waals surface area contributed by atoms with Crippen molar-refractivity contribution in [1.82, 2.24) is 10.6 Å². The van der Waals surface area contributed by atoms with Crippen LogP contribution < -0.4 is 10.6 Å². The first-order valence-corrected chi connectivity index (χ1v) is 8.15.